The van der Waals surface area contributed by atoms with Gasteiger partial charge in [-0.05, 0) is 18.8 Å². The summed E-state index contributed by atoms with van der Waals surface area (Å²) in [7, 11) is 0. The zero-order valence-electron chi connectivity index (χ0n) is 9.60. The van der Waals surface area contributed by atoms with Crippen LogP contribution in [0.5, 0.6) is 0 Å². The Bertz CT molecular complexity index is 323. The van der Waals surface area contributed by atoms with Crippen LogP contribution in [-0.2, 0) is 9.59 Å². The predicted octanol–water partition coefficient (Wildman–Crippen LogP) is 1.14. The summed E-state index contributed by atoms with van der Waals surface area (Å²) in [5.74, 6) is -2.51. The van der Waals surface area contributed by atoms with Gasteiger partial charge < -0.3 is 10.2 Å². The Morgan fingerprint density at radius 2 is 2.06 bits per heavy atom. The summed E-state index contributed by atoms with van der Waals surface area (Å²) in [6, 6.07) is 0. The Morgan fingerprint density at radius 1 is 1.39 bits per heavy atom. The molecule has 0 bridgehead atoms. The molecule has 104 valence electrons. The number of carbonyl (C=O) groups excluding carboxylic acids is 2. The highest BCUT2D eigenvalue weighted by molar-refractivity contribution is 6.27. The van der Waals surface area contributed by atoms with E-state index >= 15 is 0 Å². The summed E-state index contributed by atoms with van der Waals surface area (Å²) < 4.78 is 36.8. The van der Waals surface area contributed by atoms with Gasteiger partial charge in [-0.15, -0.1) is 11.6 Å². The second-order valence-corrected chi connectivity index (χ2v) is 4.46. The minimum absolute atomic E-state index is 0.0148. The molecule has 1 atom stereocenters. The average Bonchev–Trinajstić information content (AvgIpc) is 2.34. The lowest BCUT2D eigenvalue weighted by Crippen LogP contribution is -2.48. The monoisotopic (exact) mass is 286 g/mol. The third-order valence-electron chi connectivity index (χ3n) is 2.76. The highest BCUT2D eigenvalue weighted by Crippen LogP contribution is 2.23. The molecule has 1 saturated heterocycles. The zero-order chi connectivity index (χ0) is 13.8. The van der Waals surface area contributed by atoms with Crippen molar-refractivity contribution in [3.05, 3.63) is 0 Å². The number of amides is 2. The molecule has 0 aromatic carbocycles. The quantitative estimate of drug-likeness (QED) is 0.791. The van der Waals surface area contributed by atoms with Gasteiger partial charge in [-0.25, -0.2) is 0 Å². The van der Waals surface area contributed by atoms with Crippen molar-refractivity contribution in [3.8, 4) is 0 Å². The normalized spacial score (nSPS) is 20.7. The summed E-state index contributed by atoms with van der Waals surface area (Å²) in [4.78, 5) is 22.8. The van der Waals surface area contributed by atoms with Crippen molar-refractivity contribution in [2.45, 2.75) is 19.0 Å². The first-order valence-electron chi connectivity index (χ1n) is 5.53. The van der Waals surface area contributed by atoms with Crippen molar-refractivity contribution < 1.29 is 22.8 Å². The van der Waals surface area contributed by atoms with E-state index in [1.54, 1.807) is 0 Å². The van der Waals surface area contributed by atoms with Crippen molar-refractivity contribution in [3.63, 3.8) is 0 Å². The lowest BCUT2D eigenvalue weighted by molar-refractivity contribution is -0.187. The van der Waals surface area contributed by atoms with Crippen molar-refractivity contribution in [2.75, 3.05) is 25.5 Å². The van der Waals surface area contributed by atoms with Crippen LogP contribution in [0.4, 0.5) is 13.2 Å². The third-order valence-corrected chi connectivity index (χ3v) is 3.00. The lowest BCUT2D eigenvalue weighted by Gasteiger charge is -2.33. The Morgan fingerprint density at radius 3 is 2.61 bits per heavy atom. The second-order valence-electron chi connectivity index (χ2n) is 4.19. The van der Waals surface area contributed by atoms with Gasteiger partial charge in [0.05, 0.1) is 0 Å². The molecule has 0 aliphatic carbocycles. The maximum Gasteiger partial charge on any atom is 0.471 e. The molecule has 0 aromatic heterocycles. The first-order chi connectivity index (χ1) is 8.34. The van der Waals surface area contributed by atoms with Crippen LogP contribution in [-0.4, -0.2) is 48.4 Å². The van der Waals surface area contributed by atoms with Gasteiger partial charge in [0.15, 0.2) is 0 Å². The summed E-state index contributed by atoms with van der Waals surface area (Å²) in [5, 5.41) is 2.51. The Balaban J connectivity index is 2.46. The van der Waals surface area contributed by atoms with Crippen molar-refractivity contribution >= 4 is 23.4 Å². The smallest absolute Gasteiger partial charge is 0.355 e. The first kappa shape index (κ1) is 15.1. The molecule has 0 saturated carbocycles. The maximum atomic E-state index is 12.3. The van der Waals surface area contributed by atoms with Crippen LogP contribution in [0.1, 0.15) is 12.8 Å². The van der Waals surface area contributed by atoms with Gasteiger partial charge in [0.2, 0.25) is 5.91 Å². The molecule has 0 radical (unpaired) electrons. The van der Waals surface area contributed by atoms with Crippen LogP contribution in [0.15, 0.2) is 0 Å². The predicted molar refractivity (Wildman–Crippen MR) is 59.1 cm³/mol. The number of halogens is 4. The minimum atomic E-state index is -4.83. The number of nitrogens with one attached hydrogen (secondary N) is 1. The highest BCUT2D eigenvalue weighted by Gasteiger charge is 2.43. The Hall–Kier alpha value is -0.980. The van der Waals surface area contributed by atoms with E-state index in [1.165, 1.54) is 0 Å². The molecule has 1 aliphatic heterocycles. The molecule has 0 aromatic rings. The van der Waals surface area contributed by atoms with Gasteiger partial charge in [-0.2, -0.15) is 13.2 Å². The number of carbonyl (C=O) groups is 2. The van der Waals surface area contributed by atoms with Gasteiger partial charge in [0.25, 0.3) is 0 Å². The van der Waals surface area contributed by atoms with E-state index in [4.69, 9.17) is 11.6 Å². The van der Waals surface area contributed by atoms with Crippen molar-refractivity contribution in [1.82, 2.24) is 10.2 Å². The molecular formula is C10H14ClF3N2O2. The van der Waals surface area contributed by atoms with E-state index in [2.05, 4.69) is 5.32 Å². The number of rotatable bonds is 3. The number of nitrogens with zero attached hydrogens (tertiary/aromatic N) is 1. The molecular weight excluding hydrogens is 273 g/mol. The van der Waals surface area contributed by atoms with E-state index in [0.717, 1.165) is 4.90 Å². The van der Waals surface area contributed by atoms with Gasteiger partial charge in [-0.3, -0.25) is 9.59 Å². The second kappa shape index (κ2) is 6.26. The molecule has 1 aliphatic rings. The first-order valence-corrected chi connectivity index (χ1v) is 6.06. The molecule has 0 spiro atoms. The molecule has 4 nitrogen and oxygen atoms in total. The van der Waals surface area contributed by atoms with Crippen molar-refractivity contribution in [1.29, 1.82) is 0 Å². The summed E-state index contributed by atoms with van der Waals surface area (Å²) in [6.45, 7) is 0.367. The molecule has 1 N–H and O–H groups in total. The third kappa shape index (κ3) is 4.36. The fourth-order valence-corrected chi connectivity index (χ4v) is 2.00. The Kier molecular flexibility index (Phi) is 5.25. The number of hydrogen-bond acceptors (Lipinski definition) is 2. The Labute approximate surface area is 107 Å². The van der Waals surface area contributed by atoms with E-state index in [1.807, 2.05) is 0 Å². The molecule has 1 fully saturated rings. The summed E-state index contributed by atoms with van der Waals surface area (Å²) >= 11 is 5.28. The van der Waals surface area contributed by atoms with E-state index in [9.17, 15) is 22.8 Å². The van der Waals surface area contributed by atoms with Crippen LogP contribution < -0.4 is 5.32 Å². The zero-order valence-corrected chi connectivity index (χ0v) is 10.4. The number of hydrogen-bond donors (Lipinski definition) is 1. The van der Waals surface area contributed by atoms with Crippen LogP contribution in [0, 0.1) is 5.92 Å². The topological polar surface area (TPSA) is 49.4 Å². The van der Waals surface area contributed by atoms with E-state index in [0.29, 0.717) is 12.8 Å². The van der Waals surface area contributed by atoms with Crippen LogP contribution in [0.3, 0.4) is 0 Å². The SMILES string of the molecule is O=C(CCl)NCC1CCCN(C(=O)C(F)(F)F)C1. The molecule has 2 amide bonds. The van der Waals surface area contributed by atoms with Crippen LogP contribution in [0.25, 0.3) is 0 Å². The standard InChI is InChI=1S/C10H14ClF3N2O2/c11-4-8(17)15-5-7-2-1-3-16(6-7)9(18)10(12,13)14/h7H,1-6H2,(H,15,17). The maximum absolute atomic E-state index is 12.3. The van der Waals surface area contributed by atoms with Gasteiger partial charge >= 0.3 is 12.1 Å². The van der Waals surface area contributed by atoms with Crippen LogP contribution in [0.2, 0.25) is 0 Å². The van der Waals surface area contributed by atoms with Crippen molar-refractivity contribution in [2.24, 2.45) is 5.92 Å². The average molecular weight is 287 g/mol. The summed E-state index contributed by atoms with van der Waals surface area (Å²) in [6.07, 6.45) is -3.64. The largest absolute Gasteiger partial charge is 0.471 e. The van der Waals surface area contributed by atoms with Gasteiger partial charge in [0.1, 0.15) is 5.88 Å². The van der Waals surface area contributed by atoms with E-state index in [-0.39, 0.29) is 37.3 Å². The molecule has 1 rings (SSSR count). The lowest BCUT2D eigenvalue weighted by atomic mass is 9.98. The number of likely N-dealkylation sites (tertiary alicyclic amines) is 1. The van der Waals surface area contributed by atoms with Gasteiger partial charge in [0, 0.05) is 19.6 Å². The van der Waals surface area contributed by atoms with E-state index < -0.39 is 12.1 Å². The fraction of sp³-hybridized carbons (Fsp3) is 0.800. The fourth-order valence-electron chi connectivity index (χ4n) is 1.90. The molecule has 18 heavy (non-hydrogen) atoms. The number of alkyl halides is 4. The van der Waals surface area contributed by atoms with Gasteiger partial charge in [-0.1, -0.05) is 0 Å². The minimum Gasteiger partial charge on any atom is -0.355 e. The molecule has 1 heterocycles. The summed E-state index contributed by atoms with van der Waals surface area (Å²) in [5.41, 5.74) is 0. The van der Waals surface area contributed by atoms with Crippen LogP contribution >= 0.6 is 11.6 Å². The molecule has 1 unspecified atom stereocenters. The molecule has 8 heteroatoms. The number of piperidine rings is 1. The highest BCUT2D eigenvalue weighted by atomic mass is 35.5.